The maximum Gasteiger partial charge on any atom is 0.253 e. The molecule has 0 bridgehead atoms. The molecule has 2 aliphatic heterocycles. The predicted molar refractivity (Wildman–Crippen MR) is 124 cm³/mol. The molecule has 0 aliphatic carbocycles. The van der Waals surface area contributed by atoms with Crippen molar-refractivity contribution in [3.63, 3.8) is 0 Å². The van der Waals surface area contributed by atoms with Crippen LogP contribution in [-0.4, -0.2) is 66.0 Å². The second kappa shape index (κ2) is 9.84. The van der Waals surface area contributed by atoms with Crippen molar-refractivity contribution in [3.05, 3.63) is 64.7 Å². The number of carbonyl (C=O) groups excluding carboxylic acids is 1. The zero-order valence-corrected chi connectivity index (χ0v) is 19.1. The monoisotopic (exact) mass is 421 g/mol. The summed E-state index contributed by atoms with van der Waals surface area (Å²) in [5.41, 5.74) is 4.72. The minimum atomic E-state index is 0.150. The van der Waals surface area contributed by atoms with Gasteiger partial charge < -0.3 is 9.64 Å². The van der Waals surface area contributed by atoms with Gasteiger partial charge in [0.1, 0.15) is 5.75 Å². The highest BCUT2D eigenvalue weighted by atomic mass is 16.5. The Morgan fingerprint density at radius 3 is 2.42 bits per heavy atom. The molecule has 0 saturated carbocycles. The molecular formula is C26H35N3O2. The van der Waals surface area contributed by atoms with Gasteiger partial charge in [0.25, 0.3) is 5.91 Å². The maximum atomic E-state index is 13.0. The van der Waals surface area contributed by atoms with E-state index in [1.54, 1.807) is 0 Å². The zero-order chi connectivity index (χ0) is 21.8. The van der Waals surface area contributed by atoms with Crippen molar-refractivity contribution in [2.75, 3.05) is 39.3 Å². The first kappa shape index (κ1) is 21.8. The number of amides is 1. The molecule has 2 aromatic carbocycles. The van der Waals surface area contributed by atoms with E-state index in [1.165, 1.54) is 16.7 Å². The van der Waals surface area contributed by atoms with Crippen LogP contribution in [-0.2, 0) is 19.5 Å². The van der Waals surface area contributed by atoms with Crippen molar-refractivity contribution >= 4 is 5.91 Å². The summed E-state index contributed by atoms with van der Waals surface area (Å²) in [4.78, 5) is 19.8. The third-order valence-electron chi connectivity index (χ3n) is 6.54. The molecule has 0 N–H and O–H groups in total. The fourth-order valence-electron chi connectivity index (χ4n) is 4.53. The Morgan fingerprint density at radius 2 is 1.74 bits per heavy atom. The van der Waals surface area contributed by atoms with E-state index < -0.39 is 0 Å². The van der Waals surface area contributed by atoms with Crippen molar-refractivity contribution in [3.8, 4) is 5.75 Å². The van der Waals surface area contributed by atoms with E-state index in [1.807, 2.05) is 17.0 Å². The average molecular weight is 422 g/mol. The van der Waals surface area contributed by atoms with Crippen molar-refractivity contribution in [2.45, 2.75) is 46.3 Å². The first-order valence-electron chi connectivity index (χ1n) is 11.6. The first-order chi connectivity index (χ1) is 15.0. The van der Waals surface area contributed by atoms with Gasteiger partial charge in [-0.05, 0) is 55.3 Å². The number of rotatable bonds is 7. The quantitative estimate of drug-likeness (QED) is 0.681. The minimum absolute atomic E-state index is 0.150. The smallest absolute Gasteiger partial charge is 0.253 e. The molecular weight excluding hydrogens is 386 g/mol. The molecule has 1 saturated heterocycles. The normalized spacial score (nSPS) is 16.6. The van der Waals surface area contributed by atoms with Crippen molar-refractivity contribution in [1.82, 2.24) is 14.7 Å². The molecule has 5 heteroatoms. The molecule has 166 valence electrons. The van der Waals surface area contributed by atoms with Crippen LogP contribution in [0.25, 0.3) is 0 Å². The molecule has 0 radical (unpaired) electrons. The number of hydrogen-bond donors (Lipinski definition) is 0. The molecule has 4 rings (SSSR count). The van der Waals surface area contributed by atoms with Crippen LogP contribution in [0, 0.1) is 0 Å². The molecule has 0 atom stereocenters. The average Bonchev–Trinajstić information content (AvgIpc) is 3.25. The van der Waals surface area contributed by atoms with Gasteiger partial charge in [-0.3, -0.25) is 14.6 Å². The van der Waals surface area contributed by atoms with Crippen molar-refractivity contribution < 1.29 is 9.53 Å². The fraction of sp³-hybridized carbons (Fsp3) is 0.500. The molecule has 31 heavy (non-hydrogen) atoms. The van der Waals surface area contributed by atoms with Gasteiger partial charge in [0.2, 0.25) is 0 Å². The predicted octanol–water partition coefficient (Wildman–Crippen LogP) is 3.81. The molecule has 2 aliphatic rings. The van der Waals surface area contributed by atoms with Crippen LogP contribution in [0.2, 0.25) is 0 Å². The van der Waals surface area contributed by atoms with Gasteiger partial charge >= 0.3 is 0 Å². The van der Waals surface area contributed by atoms with E-state index in [0.29, 0.717) is 6.04 Å². The van der Waals surface area contributed by atoms with Gasteiger partial charge in [0, 0.05) is 57.3 Å². The summed E-state index contributed by atoms with van der Waals surface area (Å²) in [5.74, 6) is 1.19. The van der Waals surface area contributed by atoms with E-state index >= 15 is 0 Å². The number of hydrogen-bond acceptors (Lipinski definition) is 4. The van der Waals surface area contributed by atoms with Gasteiger partial charge in [-0.1, -0.05) is 31.2 Å². The third kappa shape index (κ3) is 5.28. The van der Waals surface area contributed by atoms with Gasteiger partial charge in [-0.2, -0.15) is 0 Å². The van der Waals surface area contributed by atoms with Crippen LogP contribution < -0.4 is 4.74 Å². The molecule has 0 spiro atoms. The molecule has 0 unspecified atom stereocenters. The highest BCUT2D eigenvalue weighted by Gasteiger charge is 2.23. The van der Waals surface area contributed by atoms with E-state index in [9.17, 15) is 4.79 Å². The summed E-state index contributed by atoms with van der Waals surface area (Å²) in [6.07, 6.45) is 1.01. The van der Waals surface area contributed by atoms with Crippen LogP contribution in [0.3, 0.4) is 0 Å². The van der Waals surface area contributed by atoms with E-state index in [4.69, 9.17) is 4.74 Å². The lowest BCUT2D eigenvalue weighted by atomic mass is 10.1. The topological polar surface area (TPSA) is 36.0 Å². The van der Waals surface area contributed by atoms with Crippen LogP contribution in [0.4, 0.5) is 0 Å². The van der Waals surface area contributed by atoms with E-state index in [-0.39, 0.29) is 5.91 Å². The van der Waals surface area contributed by atoms with Crippen molar-refractivity contribution in [2.24, 2.45) is 0 Å². The summed E-state index contributed by atoms with van der Waals surface area (Å²) in [5, 5.41) is 0. The molecule has 1 amide bonds. The standard InChI is InChI=1S/C26H35N3O2/c1-4-28(20(2)3)19-21-5-8-23(9-6-21)26(30)29-14-12-27(13-15-29)18-22-7-10-25-24(17-22)11-16-31-25/h5-10,17,20H,4,11-16,18-19H2,1-3H3. The highest BCUT2D eigenvalue weighted by molar-refractivity contribution is 5.94. The summed E-state index contributed by atoms with van der Waals surface area (Å²) in [6.45, 7) is 13.7. The Balaban J connectivity index is 1.29. The van der Waals surface area contributed by atoms with Crippen LogP contribution in [0.5, 0.6) is 5.75 Å². The second-order valence-corrected chi connectivity index (χ2v) is 8.96. The van der Waals surface area contributed by atoms with Crippen LogP contribution >= 0.6 is 0 Å². The lowest BCUT2D eigenvalue weighted by molar-refractivity contribution is 0.0628. The van der Waals surface area contributed by atoms with E-state index in [2.05, 4.69) is 60.9 Å². The molecule has 0 aromatic heterocycles. The first-order valence-corrected chi connectivity index (χ1v) is 11.6. The molecule has 2 heterocycles. The molecule has 2 aromatic rings. The van der Waals surface area contributed by atoms with Crippen LogP contribution in [0.15, 0.2) is 42.5 Å². The number of benzene rings is 2. The summed E-state index contributed by atoms with van der Waals surface area (Å²) in [6, 6.07) is 15.3. The SMILES string of the molecule is CCN(Cc1ccc(C(=O)N2CCN(Cc3ccc4c(c3)CCO4)CC2)cc1)C(C)C. The maximum absolute atomic E-state index is 13.0. The lowest BCUT2D eigenvalue weighted by Gasteiger charge is -2.35. The van der Waals surface area contributed by atoms with Crippen molar-refractivity contribution in [1.29, 1.82) is 0 Å². The van der Waals surface area contributed by atoms with Gasteiger partial charge in [0.05, 0.1) is 6.61 Å². The highest BCUT2D eigenvalue weighted by Crippen LogP contribution is 2.26. The molecule has 5 nitrogen and oxygen atoms in total. The Hall–Kier alpha value is -2.37. The third-order valence-corrected chi connectivity index (χ3v) is 6.54. The Kier molecular flexibility index (Phi) is 6.93. The Labute approximate surface area is 186 Å². The largest absolute Gasteiger partial charge is 0.493 e. The Bertz CT molecular complexity index is 886. The summed E-state index contributed by atoms with van der Waals surface area (Å²) in [7, 11) is 0. The lowest BCUT2D eigenvalue weighted by Crippen LogP contribution is -2.48. The van der Waals surface area contributed by atoms with E-state index in [0.717, 1.165) is 70.2 Å². The Morgan fingerprint density at radius 1 is 1.03 bits per heavy atom. The fourth-order valence-corrected chi connectivity index (χ4v) is 4.53. The number of carbonyl (C=O) groups is 1. The summed E-state index contributed by atoms with van der Waals surface area (Å²) >= 11 is 0. The van der Waals surface area contributed by atoms with Gasteiger partial charge in [-0.15, -0.1) is 0 Å². The minimum Gasteiger partial charge on any atom is -0.493 e. The van der Waals surface area contributed by atoms with Crippen LogP contribution in [0.1, 0.15) is 47.8 Å². The number of nitrogens with zero attached hydrogens (tertiary/aromatic N) is 3. The van der Waals surface area contributed by atoms with Gasteiger partial charge in [0.15, 0.2) is 0 Å². The zero-order valence-electron chi connectivity index (χ0n) is 19.1. The second-order valence-electron chi connectivity index (χ2n) is 8.96. The van der Waals surface area contributed by atoms with Gasteiger partial charge in [-0.25, -0.2) is 0 Å². The number of fused-ring (bicyclic) bond motifs is 1. The summed E-state index contributed by atoms with van der Waals surface area (Å²) < 4.78 is 5.61. The molecule has 1 fully saturated rings. The number of ether oxygens (including phenoxy) is 1. The number of piperazine rings is 1.